The molecule has 0 amide bonds. The van der Waals surface area contributed by atoms with Gasteiger partial charge in [0.25, 0.3) is 0 Å². The molecule has 78 heavy (non-hydrogen) atoms. The Bertz CT molecular complexity index is 3860. The minimum Gasteiger partial charge on any atom is -0.457 e. The van der Waals surface area contributed by atoms with E-state index in [-0.39, 0.29) is 17.5 Å². The van der Waals surface area contributed by atoms with Crippen LogP contribution in [0.4, 0.5) is 79.9 Å². The lowest BCUT2D eigenvalue weighted by Crippen LogP contribution is -2.26. The average molecular weight is 1030 g/mol. The van der Waals surface area contributed by atoms with Crippen molar-refractivity contribution in [3.05, 3.63) is 194 Å². The van der Waals surface area contributed by atoms with Gasteiger partial charge in [-0.1, -0.05) is 77.9 Å². The zero-order valence-electron chi connectivity index (χ0n) is 47.8. The van der Waals surface area contributed by atoms with Crippen LogP contribution in [0, 0.1) is 0 Å². The molecule has 0 saturated carbocycles. The Morgan fingerprint density at radius 1 is 0.385 bits per heavy atom. The van der Waals surface area contributed by atoms with E-state index in [4.69, 9.17) is 23.6 Å². The van der Waals surface area contributed by atoms with Gasteiger partial charge in [0.05, 0.1) is 83.6 Å². The van der Waals surface area contributed by atoms with Gasteiger partial charge < -0.3 is 48.7 Å². The molecule has 0 unspecified atom stereocenters. The van der Waals surface area contributed by atoms with Crippen LogP contribution >= 0.6 is 0 Å². The van der Waals surface area contributed by atoms with Gasteiger partial charge >= 0.3 is 0 Å². The molecule has 0 radical (unpaired) electrons. The Kier molecular flexibility index (Phi) is 10.8. The minimum absolute atomic E-state index is 0.155. The molecule has 14 nitrogen and oxygen atoms in total. The predicted molar refractivity (Wildman–Crippen MR) is 316 cm³/mol. The second-order valence-corrected chi connectivity index (χ2v) is 22.3. The summed E-state index contributed by atoms with van der Waals surface area (Å²) in [6.45, 7) is 12.8. The monoisotopic (exact) mass is 1030 g/mol. The summed E-state index contributed by atoms with van der Waals surface area (Å²) >= 11 is 0. The molecular formula is C64H62N12O2. The zero-order valence-corrected chi connectivity index (χ0v) is 44.8. The maximum atomic E-state index is 8.20. The smallest absolute Gasteiger partial charge is 0.153 e. The van der Waals surface area contributed by atoms with Gasteiger partial charge in [-0.15, -0.1) is 0 Å². The summed E-state index contributed by atoms with van der Waals surface area (Å²) in [4.78, 5) is 35.8. The number of ether oxygens (including phenoxy) is 2. The molecule has 0 N–H and O–H groups in total. The number of para-hydroxylation sites is 4. The molecule has 0 saturated heterocycles. The number of hydrogen-bond donors (Lipinski definition) is 0. The molecule has 0 spiro atoms. The van der Waals surface area contributed by atoms with Crippen LogP contribution in [0.3, 0.4) is 0 Å². The molecule has 4 aliphatic heterocycles. The molecule has 0 fully saturated rings. The molecule has 7 heterocycles. The summed E-state index contributed by atoms with van der Waals surface area (Å²) in [7, 11) is 2.08. The lowest BCUT2D eigenvalue weighted by atomic mass is 9.86. The van der Waals surface area contributed by atoms with E-state index >= 15 is 0 Å². The molecule has 13 rings (SSSR count). The first-order chi connectivity index (χ1) is 38.9. The Morgan fingerprint density at radius 3 is 1.22 bits per heavy atom. The molecule has 3 aromatic heterocycles. The van der Waals surface area contributed by atoms with Crippen molar-refractivity contribution in [2.45, 2.75) is 52.4 Å². The van der Waals surface area contributed by atoms with E-state index in [0.29, 0.717) is 30.5 Å². The third kappa shape index (κ3) is 8.82. The van der Waals surface area contributed by atoms with E-state index in [1.165, 1.54) is 4.90 Å². The highest BCUT2D eigenvalue weighted by Crippen LogP contribution is 2.49. The second-order valence-electron chi connectivity index (χ2n) is 22.3. The van der Waals surface area contributed by atoms with Crippen LogP contribution < -0.4 is 48.7 Å². The maximum Gasteiger partial charge on any atom is 0.153 e. The fourth-order valence-electron chi connectivity index (χ4n) is 10.8. The standard InChI is InChI=1S/C64H62N12O2/c1-63(2,3)43-27-47(33-51(29-43)77-49-17-13-15-45(31-49)71-39-69(7)59-35-65-25-23-57(59)71)73-41-75(55-21-11-9-19-53(55)73)61-37-68-62(38-67-61)76-42-74(54-20-10-12-22-56(54)76)48-28-44(64(4,5)6)30-52(34-48)78-50-18-14-16-46(32-50)72-40-70(8)60-36-66-26-24-58(60)72/h9-38H,39-42H2,1-8H3/i7D3. The first kappa shape index (κ1) is 44.9. The van der Waals surface area contributed by atoms with Crippen LogP contribution in [-0.4, -0.2) is 60.6 Å². The molecule has 390 valence electrons. The van der Waals surface area contributed by atoms with Crippen LogP contribution in [-0.2, 0) is 10.8 Å². The lowest BCUT2D eigenvalue weighted by Gasteiger charge is -2.26. The van der Waals surface area contributed by atoms with Gasteiger partial charge in [0.2, 0.25) is 0 Å². The molecular weight excluding hydrogens is 969 g/mol. The largest absolute Gasteiger partial charge is 0.457 e. The van der Waals surface area contributed by atoms with Crippen molar-refractivity contribution in [3.63, 3.8) is 0 Å². The van der Waals surface area contributed by atoms with Gasteiger partial charge in [0.15, 0.2) is 11.6 Å². The van der Waals surface area contributed by atoms with Crippen LogP contribution in [0.1, 0.15) is 56.8 Å². The normalized spacial score (nSPS) is 15.5. The van der Waals surface area contributed by atoms with Crippen molar-refractivity contribution in [3.8, 4) is 23.0 Å². The van der Waals surface area contributed by atoms with Crippen LogP contribution in [0.15, 0.2) is 183 Å². The number of fused-ring (bicyclic) bond motifs is 4. The second kappa shape index (κ2) is 18.8. The molecule has 4 aliphatic rings. The van der Waals surface area contributed by atoms with Crippen molar-refractivity contribution in [2.75, 3.05) is 79.9 Å². The zero-order chi connectivity index (χ0) is 56.0. The minimum atomic E-state index is -2.33. The van der Waals surface area contributed by atoms with Gasteiger partial charge in [0, 0.05) is 77.5 Å². The first-order valence-corrected chi connectivity index (χ1v) is 26.3. The third-order valence-electron chi connectivity index (χ3n) is 15.0. The number of hydrogen-bond acceptors (Lipinski definition) is 14. The Morgan fingerprint density at radius 2 is 0.782 bits per heavy atom. The van der Waals surface area contributed by atoms with E-state index in [9.17, 15) is 0 Å². The summed E-state index contributed by atoms with van der Waals surface area (Å²) < 4.78 is 38.2. The lowest BCUT2D eigenvalue weighted by molar-refractivity contribution is 0.478. The Labute approximate surface area is 460 Å². The summed E-state index contributed by atoms with van der Waals surface area (Å²) in [5.41, 5.74) is 13.4. The van der Waals surface area contributed by atoms with E-state index in [1.807, 2.05) is 72.2 Å². The molecule has 6 aromatic carbocycles. The highest BCUT2D eigenvalue weighted by molar-refractivity contribution is 5.89. The SMILES string of the molecule is [2H]C([2H])([2H])N1CN(c2cccc(Oc3cc(N4CN(c5cnc(N6CN(c7cc(Oc8cccc(N9CN(C)c%10cnccc%109)c8)cc(C(C)(C)C)c7)c7ccccc76)cn5)c5ccccc54)cc(C(C)(C)C)c3)c2)c2ccncc21. The predicted octanol–water partition coefficient (Wildman–Crippen LogP) is 15.0. The molecule has 9 aromatic rings. The third-order valence-corrected chi connectivity index (χ3v) is 15.0. The summed E-state index contributed by atoms with van der Waals surface area (Å²) in [6, 6.07) is 49.8. The molecule has 0 bridgehead atoms. The van der Waals surface area contributed by atoms with Crippen LogP contribution in [0.5, 0.6) is 23.0 Å². The number of anilines is 14. The van der Waals surface area contributed by atoms with Crippen molar-refractivity contribution in [1.82, 2.24) is 19.9 Å². The highest BCUT2D eigenvalue weighted by atomic mass is 16.5. The summed E-state index contributed by atoms with van der Waals surface area (Å²) in [6.07, 6.45) is 10.8. The number of benzene rings is 6. The fraction of sp³-hybridized carbons (Fsp3) is 0.219. The molecule has 0 aliphatic carbocycles. The molecule has 14 heteroatoms. The van der Waals surface area contributed by atoms with E-state index in [2.05, 4.69) is 191 Å². The Hall–Kier alpha value is -9.30. The fourth-order valence-corrected chi connectivity index (χ4v) is 10.8. The van der Waals surface area contributed by atoms with E-state index in [0.717, 1.165) is 103 Å². The van der Waals surface area contributed by atoms with Crippen molar-refractivity contribution >= 4 is 79.9 Å². The molecule has 0 atom stereocenters. The quantitative estimate of drug-likeness (QED) is 0.130. The van der Waals surface area contributed by atoms with Gasteiger partial charge in [-0.25, -0.2) is 9.97 Å². The average Bonchev–Trinajstić information content (AvgIpc) is 4.42. The first-order valence-electron chi connectivity index (χ1n) is 27.8. The topological polar surface area (TPSA) is 95.9 Å². The number of aromatic nitrogens is 4. The number of pyridine rings is 2. The van der Waals surface area contributed by atoms with Gasteiger partial charge in [-0.05, 0) is 107 Å². The maximum absolute atomic E-state index is 8.20. The van der Waals surface area contributed by atoms with Crippen LogP contribution in [0.25, 0.3) is 0 Å². The number of nitrogens with zero attached hydrogens (tertiary/aromatic N) is 12. The van der Waals surface area contributed by atoms with Crippen LogP contribution in [0.2, 0.25) is 0 Å². The van der Waals surface area contributed by atoms with E-state index in [1.54, 1.807) is 12.4 Å². The van der Waals surface area contributed by atoms with Gasteiger partial charge in [-0.3, -0.25) is 9.97 Å². The highest BCUT2D eigenvalue weighted by Gasteiger charge is 2.34. The van der Waals surface area contributed by atoms with Crippen molar-refractivity contribution in [2.24, 2.45) is 0 Å². The summed E-state index contributed by atoms with van der Waals surface area (Å²) in [5.74, 6) is 4.26. The van der Waals surface area contributed by atoms with Gasteiger partial charge in [-0.2, -0.15) is 0 Å². The van der Waals surface area contributed by atoms with Gasteiger partial charge in [0.1, 0.15) is 36.3 Å². The van der Waals surface area contributed by atoms with Crippen molar-refractivity contribution < 1.29 is 13.6 Å². The summed E-state index contributed by atoms with van der Waals surface area (Å²) in [5, 5.41) is 0. The van der Waals surface area contributed by atoms with Crippen molar-refractivity contribution in [1.29, 1.82) is 0 Å². The van der Waals surface area contributed by atoms with E-state index < -0.39 is 6.98 Å². The number of rotatable bonds is 10. The Balaban J connectivity index is 0.762.